The van der Waals surface area contributed by atoms with Crippen LogP contribution in [0, 0.1) is 11.3 Å². The first-order valence-corrected chi connectivity index (χ1v) is 9.67. The Balaban J connectivity index is 1.56. The number of rotatable bonds is 5. The first-order chi connectivity index (χ1) is 13.6. The van der Waals surface area contributed by atoms with Crippen molar-refractivity contribution in [1.82, 2.24) is 0 Å². The van der Waals surface area contributed by atoms with Gasteiger partial charge in [-0.05, 0) is 61.6 Å². The SMILES string of the molecule is COC1CCc2c1cccc2C1CN=C(c2ccc(OC(C)C)c(C#N)c2)O1. The molecule has 0 amide bonds. The number of benzene rings is 2. The Morgan fingerprint density at radius 3 is 2.79 bits per heavy atom. The Labute approximate surface area is 165 Å². The number of fused-ring (bicyclic) bond motifs is 1. The first kappa shape index (κ1) is 18.5. The number of methoxy groups -OCH3 is 1. The van der Waals surface area contributed by atoms with Crippen LogP contribution in [-0.2, 0) is 15.9 Å². The van der Waals surface area contributed by atoms with E-state index in [2.05, 4.69) is 29.3 Å². The molecule has 1 aliphatic carbocycles. The molecule has 2 aromatic carbocycles. The number of nitrogens with zero attached hydrogens (tertiary/aromatic N) is 2. The molecular formula is C23H24N2O3. The Hall–Kier alpha value is -2.84. The monoisotopic (exact) mass is 376 g/mol. The zero-order valence-corrected chi connectivity index (χ0v) is 16.4. The van der Waals surface area contributed by atoms with Crippen molar-refractivity contribution >= 4 is 5.90 Å². The molecular weight excluding hydrogens is 352 g/mol. The van der Waals surface area contributed by atoms with Gasteiger partial charge in [-0.3, -0.25) is 0 Å². The van der Waals surface area contributed by atoms with Gasteiger partial charge in [0.15, 0.2) is 0 Å². The summed E-state index contributed by atoms with van der Waals surface area (Å²) < 4.78 is 17.5. The molecule has 0 saturated heterocycles. The summed E-state index contributed by atoms with van der Waals surface area (Å²) in [6, 6.07) is 14.0. The summed E-state index contributed by atoms with van der Waals surface area (Å²) in [5.41, 5.74) is 5.08. The molecule has 0 bridgehead atoms. The average molecular weight is 376 g/mol. The number of hydrogen-bond acceptors (Lipinski definition) is 5. The molecule has 0 aromatic heterocycles. The molecule has 0 radical (unpaired) electrons. The van der Waals surface area contributed by atoms with Gasteiger partial charge in [-0.2, -0.15) is 5.26 Å². The largest absolute Gasteiger partial charge is 0.490 e. The van der Waals surface area contributed by atoms with Crippen LogP contribution in [0.3, 0.4) is 0 Å². The first-order valence-electron chi connectivity index (χ1n) is 9.67. The minimum atomic E-state index is -0.0994. The van der Waals surface area contributed by atoms with Gasteiger partial charge in [0.05, 0.1) is 24.3 Å². The molecule has 1 aliphatic heterocycles. The van der Waals surface area contributed by atoms with E-state index in [0.717, 1.165) is 18.4 Å². The van der Waals surface area contributed by atoms with Crippen LogP contribution < -0.4 is 4.74 Å². The van der Waals surface area contributed by atoms with Crippen molar-refractivity contribution in [2.45, 2.75) is 45.0 Å². The maximum Gasteiger partial charge on any atom is 0.216 e. The molecule has 5 nitrogen and oxygen atoms in total. The molecule has 2 aliphatic rings. The minimum Gasteiger partial charge on any atom is -0.490 e. The van der Waals surface area contributed by atoms with Crippen molar-refractivity contribution in [3.05, 3.63) is 64.2 Å². The zero-order chi connectivity index (χ0) is 19.7. The highest BCUT2D eigenvalue weighted by molar-refractivity contribution is 5.95. The smallest absolute Gasteiger partial charge is 0.216 e. The highest BCUT2D eigenvalue weighted by Crippen LogP contribution is 2.39. The molecule has 5 heteroatoms. The topological polar surface area (TPSA) is 63.8 Å². The fraction of sp³-hybridized carbons (Fsp3) is 0.391. The van der Waals surface area contributed by atoms with E-state index in [0.29, 0.717) is 23.8 Å². The van der Waals surface area contributed by atoms with E-state index >= 15 is 0 Å². The van der Waals surface area contributed by atoms with Gasteiger partial charge in [0, 0.05) is 12.7 Å². The van der Waals surface area contributed by atoms with Gasteiger partial charge in [0.25, 0.3) is 0 Å². The molecule has 4 rings (SSSR count). The lowest BCUT2D eigenvalue weighted by Gasteiger charge is -2.17. The van der Waals surface area contributed by atoms with E-state index in [1.54, 1.807) is 13.2 Å². The van der Waals surface area contributed by atoms with Gasteiger partial charge < -0.3 is 14.2 Å². The maximum atomic E-state index is 9.46. The van der Waals surface area contributed by atoms with Gasteiger partial charge in [-0.15, -0.1) is 0 Å². The van der Waals surface area contributed by atoms with Crippen molar-refractivity contribution in [2.75, 3.05) is 13.7 Å². The second-order valence-electron chi connectivity index (χ2n) is 7.42. The van der Waals surface area contributed by atoms with E-state index in [1.165, 1.54) is 16.7 Å². The normalized spacial score (nSPS) is 20.5. The molecule has 2 unspecified atom stereocenters. The van der Waals surface area contributed by atoms with Gasteiger partial charge in [-0.1, -0.05) is 18.2 Å². The molecule has 0 spiro atoms. The molecule has 0 N–H and O–H groups in total. The third kappa shape index (κ3) is 3.36. The van der Waals surface area contributed by atoms with Crippen molar-refractivity contribution in [2.24, 2.45) is 4.99 Å². The summed E-state index contributed by atoms with van der Waals surface area (Å²) in [7, 11) is 1.76. The van der Waals surface area contributed by atoms with Crippen LogP contribution in [0.2, 0.25) is 0 Å². The summed E-state index contributed by atoms with van der Waals surface area (Å²) >= 11 is 0. The minimum absolute atomic E-state index is 0.0125. The predicted molar refractivity (Wildman–Crippen MR) is 107 cm³/mol. The lowest BCUT2D eigenvalue weighted by Crippen LogP contribution is -2.10. The number of aliphatic imine (C=N–C) groups is 1. The van der Waals surface area contributed by atoms with Crippen molar-refractivity contribution in [3.8, 4) is 11.8 Å². The fourth-order valence-corrected chi connectivity index (χ4v) is 3.99. The van der Waals surface area contributed by atoms with E-state index in [1.807, 2.05) is 26.0 Å². The molecule has 2 aromatic rings. The van der Waals surface area contributed by atoms with Gasteiger partial charge in [-0.25, -0.2) is 4.99 Å². The molecule has 144 valence electrons. The second-order valence-corrected chi connectivity index (χ2v) is 7.42. The van der Waals surface area contributed by atoms with Gasteiger partial charge in [0.2, 0.25) is 5.90 Å². The van der Waals surface area contributed by atoms with Crippen LogP contribution in [0.5, 0.6) is 5.75 Å². The average Bonchev–Trinajstić information content (AvgIpc) is 3.34. The van der Waals surface area contributed by atoms with E-state index in [4.69, 9.17) is 14.2 Å². The summed E-state index contributed by atoms with van der Waals surface area (Å²) in [6.07, 6.45) is 2.09. The Morgan fingerprint density at radius 2 is 2.04 bits per heavy atom. The number of nitriles is 1. The van der Waals surface area contributed by atoms with Crippen LogP contribution in [0.4, 0.5) is 0 Å². The summed E-state index contributed by atoms with van der Waals surface area (Å²) in [6.45, 7) is 4.46. The summed E-state index contributed by atoms with van der Waals surface area (Å²) in [4.78, 5) is 4.61. The quantitative estimate of drug-likeness (QED) is 0.771. The Bertz CT molecular complexity index is 959. The summed E-state index contributed by atoms with van der Waals surface area (Å²) in [5.74, 6) is 1.17. The van der Waals surface area contributed by atoms with Crippen LogP contribution in [-0.4, -0.2) is 25.7 Å². The van der Waals surface area contributed by atoms with Crippen LogP contribution in [0.15, 0.2) is 41.4 Å². The summed E-state index contributed by atoms with van der Waals surface area (Å²) in [5, 5.41) is 9.46. The van der Waals surface area contributed by atoms with E-state index < -0.39 is 0 Å². The highest BCUT2D eigenvalue weighted by Gasteiger charge is 2.30. The molecule has 0 saturated carbocycles. The third-order valence-electron chi connectivity index (χ3n) is 5.25. The molecule has 2 atom stereocenters. The predicted octanol–water partition coefficient (Wildman–Crippen LogP) is 4.50. The maximum absolute atomic E-state index is 9.46. The molecule has 0 fully saturated rings. The number of hydrogen-bond donors (Lipinski definition) is 0. The van der Waals surface area contributed by atoms with Crippen LogP contribution >= 0.6 is 0 Å². The number of ether oxygens (including phenoxy) is 3. The highest BCUT2D eigenvalue weighted by atomic mass is 16.5. The molecule has 1 heterocycles. The van der Waals surface area contributed by atoms with Crippen LogP contribution in [0.1, 0.15) is 60.3 Å². The Morgan fingerprint density at radius 1 is 1.21 bits per heavy atom. The Kier molecular flexibility index (Phi) is 5.06. The lowest BCUT2D eigenvalue weighted by molar-refractivity contribution is 0.105. The lowest BCUT2D eigenvalue weighted by atomic mass is 9.98. The van der Waals surface area contributed by atoms with E-state index in [9.17, 15) is 5.26 Å². The fourth-order valence-electron chi connectivity index (χ4n) is 3.99. The van der Waals surface area contributed by atoms with Crippen LogP contribution in [0.25, 0.3) is 0 Å². The van der Waals surface area contributed by atoms with Crippen molar-refractivity contribution in [1.29, 1.82) is 5.26 Å². The standard InChI is InChI=1S/C23H24N2O3/c1-14(2)27-20-9-7-15(11-16(20)12-24)23-25-13-22(28-23)19-6-4-5-18-17(19)8-10-21(18)26-3/h4-7,9,11,14,21-22H,8,10,13H2,1-3H3. The van der Waals surface area contributed by atoms with Gasteiger partial charge in [0.1, 0.15) is 17.9 Å². The van der Waals surface area contributed by atoms with E-state index in [-0.39, 0.29) is 18.3 Å². The third-order valence-corrected chi connectivity index (χ3v) is 5.25. The van der Waals surface area contributed by atoms with Crippen molar-refractivity contribution < 1.29 is 14.2 Å². The van der Waals surface area contributed by atoms with Crippen molar-refractivity contribution in [3.63, 3.8) is 0 Å². The molecule has 28 heavy (non-hydrogen) atoms. The zero-order valence-electron chi connectivity index (χ0n) is 16.4. The second kappa shape index (κ2) is 7.65. The van der Waals surface area contributed by atoms with Gasteiger partial charge >= 0.3 is 0 Å².